The van der Waals surface area contributed by atoms with Crippen molar-refractivity contribution in [2.75, 3.05) is 14.1 Å². The fourth-order valence-corrected chi connectivity index (χ4v) is 6.32. The van der Waals surface area contributed by atoms with E-state index in [0.29, 0.717) is 12.8 Å². The summed E-state index contributed by atoms with van der Waals surface area (Å²) in [6.45, 7) is 12.3. The van der Waals surface area contributed by atoms with E-state index in [2.05, 4.69) is 6.58 Å². The van der Waals surface area contributed by atoms with Gasteiger partial charge in [0.05, 0.1) is 17.8 Å². The van der Waals surface area contributed by atoms with Crippen LogP contribution in [-0.4, -0.2) is 96.9 Å². The Bertz CT molecular complexity index is 736. The Morgan fingerprint density at radius 1 is 1.12 bits per heavy atom. The molecule has 9 nitrogen and oxygen atoms in total. The molecule has 0 amide bonds. The third-order valence-electron chi connectivity index (χ3n) is 8.22. The number of Topliss-reactive ketones (excluding diaryl/α,β-unsaturated/α-hetero) is 1. The minimum Gasteiger partial charge on any atom is -0.392 e. The highest BCUT2D eigenvalue weighted by molar-refractivity contribution is 5.92. The Labute approximate surface area is 190 Å². The molecule has 3 rings (SSSR count). The topological polar surface area (TPSA) is 151 Å². The van der Waals surface area contributed by atoms with Crippen LogP contribution in [0.3, 0.4) is 0 Å². The number of hydrogen-bond donors (Lipinski definition) is 6. The number of aliphatic hydroxyl groups excluding tert-OH is 4. The third kappa shape index (κ3) is 3.67. The van der Waals surface area contributed by atoms with Gasteiger partial charge >= 0.3 is 0 Å². The van der Waals surface area contributed by atoms with Crippen molar-refractivity contribution in [2.45, 2.75) is 95.4 Å². The van der Waals surface area contributed by atoms with Crippen molar-refractivity contribution in [1.29, 1.82) is 0 Å². The van der Waals surface area contributed by atoms with Crippen molar-refractivity contribution >= 4 is 5.78 Å². The number of aliphatic hydroxyl groups is 6. The van der Waals surface area contributed by atoms with Gasteiger partial charge in [-0.3, -0.25) is 9.69 Å². The molecule has 1 heterocycles. The molecule has 0 radical (unpaired) electrons. The monoisotopic (exact) mass is 459 g/mol. The highest BCUT2D eigenvalue weighted by Gasteiger charge is 2.80. The van der Waals surface area contributed by atoms with E-state index >= 15 is 0 Å². The van der Waals surface area contributed by atoms with Gasteiger partial charge in [-0.1, -0.05) is 26.8 Å². The molecule has 2 saturated carbocycles. The highest BCUT2D eigenvalue weighted by atomic mass is 16.6. The van der Waals surface area contributed by atoms with Crippen molar-refractivity contribution in [1.82, 2.24) is 4.90 Å². The van der Waals surface area contributed by atoms with Crippen LogP contribution in [0.25, 0.3) is 0 Å². The van der Waals surface area contributed by atoms with Gasteiger partial charge in [-0.2, -0.15) is 0 Å². The summed E-state index contributed by atoms with van der Waals surface area (Å²) in [6, 6.07) is 0. The maximum absolute atomic E-state index is 13.3. The minimum absolute atomic E-state index is 0.110. The molecule has 32 heavy (non-hydrogen) atoms. The summed E-state index contributed by atoms with van der Waals surface area (Å²) in [7, 11) is 3.15. The average Bonchev–Trinajstić information content (AvgIpc) is 2.67. The lowest BCUT2D eigenvalue weighted by atomic mass is 9.40. The lowest BCUT2D eigenvalue weighted by Crippen LogP contribution is -2.86. The molecule has 0 aromatic carbocycles. The molecule has 0 unspecified atom stereocenters. The second kappa shape index (κ2) is 8.39. The first-order valence-electron chi connectivity index (χ1n) is 11.0. The van der Waals surface area contributed by atoms with E-state index in [0.717, 1.165) is 0 Å². The Balaban J connectivity index is 0.000000534. The molecular weight excluding hydrogens is 418 g/mol. The lowest BCUT2D eigenvalue weighted by molar-refractivity contribution is -0.370. The zero-order valence-corrected chi connectivity index (χ0v) is 20.2. The number of ether oxygens (including phenoxy) is 1. The van der Waals surface area contributed by atoms with E-state index in [4.69, 9.17) is 14.9 Å². The van der Waals surface area contributed by atoms with Gasteiger partial charge in [0.2, 0.25) is 6.41 Å². The summed E-state index contributed by atoms with van der Waals surface area (Å²) in [5.41, 5.74) is -6.82. The van der Waals surface area contributed by atoms with E-state index in [9.17, 15) is 25.2 Å². The molecular formula is C23H41NO8. The smallest absolute Gasteiger partial charge is 0.213 e. The van der Waals surface area contributed by atoms with Crippen LogP contribution >= 0.6 is 0 Å². The van der Waals surface area contributed by atoms with Gasteiger partial charge in [0, 0.05) is 17.8 Å². The maximum Gasteiger partial charge on any atom is 0.213 e. The molecule has 6 N–H and O–H groups in total. The summed E-state index contributed by atoms with van der Waals surface area (Å²) in [4.78, 5) is 14.6. The zero-order chi connectivity index (χ0) is 25.1. The van der Waals surface area contributed by atoms with E-state index in [1.165, 1.54) is 17.9 Å². The lowest BCUT2D eigenvalue weighted by Gasteiger charge is -2.71. The van der Waals surface area contributed by atoms with Crippen molar-refractivity contribution in [2.24, 2.45) is 16.7 Å². The summed E-state index contributed by atoms with van der Waals surface area (Å²) in [5.74, 6) is -1.17. The van der Waals surface area contributed by atoms with Gasteiger partial charge in [-0.25, -0.2) is 0 Å². The van der Waals surface area contributed by atoms with E-state index in [-0.39, 0.29) is 6.42 Å². The van der Waals surface area contributed by atoms with Crippen LogP contribution in [0.1, 0.15) is 53.9 Å². The van der Waals surface area contributed by atoms with Crippen LogP contribution in [-0.2, 0) is 9.53 Å². The number of fused-ring (bicyclic) bond motifs is 3. The Morgan fingerprint density at radius 3 is 2.06 bits per heavy atom. The molecule has 0 aromatic rings. The Kier molecular flexibility index (Phi) is 7.17. The van der Waals surface area contributed by atoms with Gasteiger partial charge in [-0.05, 0) is 46.2 Å². The Hall–Kier alpha value is -0.910. The molecule has 0 bridgehead atoms. The van der Waals surface area contributed by atoms with Crippen molar-refractivity contribution in [3.63, 3.8) is 0 Å². The van der Waals surface area contributed by atoms with Crippen molar-refractivity contribution in [3.8, 4) is 0 Å². The normalized spacial score (nSPS) is 47.9. The average molecular weight is 460 g/mol. The largest absolute Gasteiger partial charge is 0.392 e. The molecule has 186 valence electrons. The van der Waals surface area contributed by atoms with E-state index < -0.39 is 64.1 Å². The summed E-state index contributed by atoms with van der Waals surface area (Å²) >= 11 is 0. The molecule has 1 saturated heterocycles. The Morgan fingerprint density at radius 2 is 1.62 bits per heavy atom. The van der Waals surface area contributed by atoms with Crippen LogP contribution in [0, 0.1) is 16.7 Å². The maximum atomic E-state index is 13.3. The summed E-state index contributed by atoms with van der Waals surface area (Å²) in [6.07, 6.45) is -2.69. The van der Waals surface area contributed by atoms with Gasteiger partial charge in [0.1, 0.15) is 11.7 Å². The first kappa shape index (κ1) is 27.3. The predicted octanol–water partition coefficient (Wildman–Crippen LogP) is -0.235. The zero-order valence-electron chi connectivity index (χ0n) is 20.2. The SMILES string of the molecule is C=C[C@@]1(C)CC(=O)[C@@]2(O)[C@@]3(C)[C@@H](O)CCC(C)(C)[C@@H]3[C@H](O)[C@H](O)[C@@]2(C)O1.CN(C)C(O)O. The van der Waals surface area contributed by atoms with Crippen LogP contribution in [0.5, 0.6) is 0 Å². The molecule has 8 atom stereocenters. The van der Waals surface area contributed by atoms with E-state index in [1.807, 2.05) is 13.8 Å². The number of ketones is 1. The second-order valence-corrected chi connectivity index (χ2v) is 11.1. The standard InChI is InChI=1S/C20H32O6.C3H9NO2/c1-7-17(4)10-12(22)20(25)18(5)11(21)8-9-16(2,3)14(18)13(23)15(24)19(20,6)26-17;1-4(2)3(5)6/h7,11,13-15,21,23-25H,1,8-10H2,2-6H3;3,5-6H,1-2H3/t11-,13-,14-,15-,17-,18-,19+,20+;/m0./s1. The summed E-state index contributed by atoms with van der Waals surface area (Å²) in [5, 5.41) is 61.1. The van der Waals surface area contributed by atoms with Gasteiger partial charge in [-0.15, -0.1) is 6.58 Å². The predicted molar refractivity (Wildman–Crippen MR) is 117 cm³/mol. The second-order valence-electron chi connectivity index (χ2n) is 11.1. The minimum atomic E-state index is -2.14. The van der Waals surface area contributed by atoms with Crippen LogP contribution in [0.15, 0.2) is 12.7 Å². The third-order valence-corrected chi connectivity index (χ3v) is 8.22. The molecule has 0 aromatic heterocycles. The highest BCUT2D eigenvalue weighted by Crippen LogP contribution is 2.66. The molecule has 3 fully saturated rings. The summed E-state index contributed by atoms with van der Waals surface area (Å²) < 4.78 is 6.09. The number of rotatable bonds is 2. The van der Waals surface area contributed by atoms with Crippen LogP contribution in [0.4, 0.5) is 0 Å². The molecule has 0 spiro atoms. The molecule has 1 aliphatic heterocycles. The quantitative estimate of drug-likeness (QED) is 0.243. The van der Waals surface area contributed by atoms with Crippen LogP contribution in [0.2, 0.25) is 0 Å². The van der Waals surface area contributed by atoms with Crippen LogP contribution < -0.4 is 0 Å². The fraction of sp³-hybridized carbons (Fsp3) is 0.870. The van der Waals surface area contributed by atoms with Gasteiger partial charge in [0.15, 0.2) is 11.4 Å². The number of hydrogen-bond acceptors (Lipinski definition) is 9. The van der Waals surface area contributed by atoms with Crippen molar-refractivity contribution < 1.29 is 40.2 Å². The van der Waals surface area contributed by atoms with E-state index in [1.54, 1.807) is 27.9 Å². The molecule has 3 aliphatic rings. The number of carbonyl (C=O) groups is 1. The molecule has 2 aliphatic carbocycles. The van der Waals surface area contributed by atoms with Gasteiger partial charge < -0.3 is 35.4 Å². The van der Waals surface area contributed by atoms with Crippen molar-refractivity contribution in [3.05, 3.63) is 12.7 Å². The first-order valence-corrected chi connectivity index (χ1v) is 11.0. The van der Waals surface area contributed by atoms with Gasteiger partial charge in [0.25, 0.3) is 0 Å². The first-order chi connectivity index (χ1) is 14.4. The molecule has 9 heteroatoms. The number of nitrogens with zero attached hydrogens (tertiary/aromatic N) is 1. The fourth-order valence-electron chi connectivity index (χ4n) is 6.32. The number of carbonyl (C=O) groups excluding carboxylic acids is 1.